The molecule has 26 heavy (non-hydrogen) atoms. The van der Waals surface area contributed by atoms with Gasteiger partial charge in [0.05, 0.1) is 10.0 Å². The molecule has 2 N–H and O–H groups in total. The van der Waals surface area contributed by atoms with Gasteiger partial charge < -0.3 is 10.4 Å². The Morgan fingerprint density at radius 3 is 2.23 bits per heavy atom. The first kappa shape index (κ1) is 23.8. The molecule has 1 aromatic rings. The highest BCUT2D eigenvalue weighted by molar-refractivity contribution is 9.10. The van der Waals surface area contributed by atoms with E-state index in [9.17, 15) is 18.3 Å². The number of phenolic OH excluding ortho intramolecular Hbond substituents is 1. The van der Waals surface area contributed by atoms with Crippen LogP contribution in [-0.2, 0) is 6.18 Å². The van der Waals surface area contributed by atoms with Gasteiger partial charge in [-0.25, -0.2) is 0 Å². The van der Waals surface area contributed by atoms with Gasteiger partial charge in [0.1, 0.15) is 5.75 Å². The highest BCUT2D eigenvalue weighted by Gasteiger charge is 2.42. The van der Waals surface area contributed by atoms with E-state index in [1.54, 1.807) is 0 Å². The molecule has 0 radical (unpaired) electrons. The third kappa shape index (κ3) is 4.98. The maximum Gasteiger partial charge on any atom is 0.416 e. The Kier molecular flexibility index (Phi) is 9.00. The molecule has 0 amide bonds. The van der Waals surface area contributed by atoms with Crippen molar-refractivity contribution in [2.45, 2.75) is 37.9 Å². The van der Waals surface area contributed by atoms with Crippen molar-refractivity contribution in [1.82, 2.24) is 10.2 Å². The van der Waals surface area contributed by atoms with Crippen LogP contribution < -0.4 is 5.32 Å². The van der Waals surface area contributed by atoms with Crippen LogP contribution in [0.5, 0.6) is 5.75 Å². The van der Waals surface area contributed by atoms with Gasteiger partial charge in [0, 0.05) is 37.8 Å². The van der Waals surface area contributed by atoms with Gasteiger partial charge >= 0.3 is 6.18 Å². The quantitative estimate of drug-likeness (QED) is 0.628. The Morgan fingerprint density at radius 2 is 1.69 bits per heavy atom. The average molecular weight is 480 g/mol. The molecule has 1 saturated carbocycles. The van der Waals surface area contributed by atoms with Gasteiger partial charge in [-0.2, -0.15) is 13.2 Å². The van der Waals surface area contributed by atoms with E-state index < -0.39 is 11.7 Å². The first-order chi connectivity index (χ1) is 11.4. The topological polar surface area (TPSA) is 35.5 Å². The zero-order chi connectivity index (χ0) is 17.3. The van der Waals surface area contributed by atoms with Gasteiger partial charge in [0.15, 0.2) is 0 Å². The number of halogens is 6. The van der Waals surface area contributed by atoms with Crippen molar-refractivity contribution < 1.29 is 18.3 Å². The van der Waals surface area contributed by atoms with E-state index in [0.29, 0.717) is 17.6 Å². The molecular weight excluding hydrogens is 456 g/mol. The summed E-state index contributed by atoms with van der Waals surface area (Å²) >= 11 is 3.20. The molecule has 0 unspecified atom stereocenters. The van der Waals surface area contributed by atoms with Gasteiger partial charge in [-0.15, -0.1) is 24.8 Å². The molecule has 1 saturated heterocycles. The molecule has 150 valence electrons. The Labute approximate surface area is 172 Å². The van der Waals surface area contributed by atoms with Crippen molar-refractivity contribution in [2.24, 2.45) is 5.92 Å². The number of hydrogen-bond acceptors (Lipinski definition) is 3. The molecule has 1 heterocycles. The van der Waals surface area contributed by atoms with Crippen LogP contribution in [0.1, 0.15) is 42.9 Å². The Morgan fingerprint density at radius 1 is 1.12 bits per heavy atom. The van der Waals surface area contributed by atoms with Gasteiger partial charge in [0.25, 0.3) is 0 Å². The van der Waals surface area contributed by atoms with Crippen molar-refractivity contribution in [3.8, 4) is 5.75 Å². The second kappa shape index (κ2) is 9.82. The maximum absolute atomic E-state index is 13.6. The number of benzene rings is 1. The zero-order valence-electron chi connectivity index (χ0n) is 14.2. The third-order valence-corrected chi connectivity index (χ3v) is 5.80. The molecule has 1 aromatic carbocycles. The fraction of sp³-hybridized carbons (Fsp3) is 0.647. The third-order valence-electron chi connectivity index (χ3n) is 5.16. The average Bonchev–Trinajstić information content (AvgIpc) is 3.06. The minimum Gasteiger partial charge on any atom is -0.506 e. The van der Waals surface area contributed by atoms with E-state index in [1.165, 1.54) is 6.07 Å². The smallest absolute Gasteiger partial charge is 0.416 e. The fourth-order valence-corrected chi connectivity index (χ4v) is 4.42. The number of nitrogens with zero attached hydrogens (tertiary/aromatic N) is 1. The van der Waals surface area contributed by atoms with Gasteiger partial charge in [0.2, 0.25) is 0 Å². The molecule has 1 aliphatic carbocycles. The predicted molar refractivity (Wildman–Crippen MR) is 104 cm³/mol. The highest BCUT2D eigenvalue weighted by atomic mass is 79.9. The summed E-state index contributed by atoms with van der Waals surface area (Å²) in [5.74, 6) is -0.107. The number of phenols is 1. The largest absolute Gasteiger partial charge is 0.506 e. The minimum atomic E-state index is -4.47. The van der Waals surface area contributed by atoms with Gasteiger partial charge in [-0.3, -0.25) is 4.90 Å². The summed E-state index contributed by atoms with van der Waals surface area (Å²) in [7, 11) is 0. The number of nitrogens with one attached hydrogen (secondary N) is 1. The molecular formula is C17H24BrCl2F3N2O. The summed E-state index contributed by atoms with van der Waals surface area (Å²) in [4.78, 5) is 2.11. The first-order valence-corrected chi connectivity index (χ1v) is 9.22. The van der Waals surface area contributed by atoms with Crippen molar-refractivity contribution in [2.75, 3.05) is 26.2 Å². The molecule has 2 aliphatic rings. The normalized spacial score (nSPS) is 20.3. The first-order valence-electron chi connectivity index (χ1n) is 8.43. The molecule has 3 rings (SSSR count). The monoisotopic (exact) mass is 478 g/mol. The van der Waals surface area contributed by atoms with Crippen LogP contribution in [0.25, 0.3) is 0 Å². The SMILES string of the molecule is Cl.Cl.Oc1c(Br)ccc(C(F)(F)F)c1[C@H](C1CCCC1)N1CCNCC1. The lowest BCUT2D eigenvalue weighted by Crippen LogP contribution is -2.47. The highest BCUT2D eigenvalue weighted by Crippen LogP contribution is 2.49. The van der Waals surface area contributed by atoms with Crippen molar-refractivity contribution in [3.05, 3.63) is 27.7 Å². The van der Waals surface area contributed by atoms with E-state index >= 15 is 0 Å². The minimum absolute atomic E-state index is 0. The summed E-state index contributed by atoms with van der Waals surface area (Å²) in [5.41, 5.74) is -0.663. The second-order valence-electron chi connectivity index (χ2n) is 6.63. The number of alkyl halides is 3. The molecule has 2 fully saturated rings. The molecule has 3 nitrogen and oxygen atoms in total. The number of hydrogen-bond donors (Lipinski definition) is 2. The van der Waals surface area contributed by atoms with Crippen LogP contribution >= 0.6 is 40.7 Å². The number of rotatable bonds is 3. The maximum atomic E-state index is 13.6. The van der Waals surface area contributed by atoms with E-state index in [1.807, 2.05) is 0 Å². The Hall–Kier alpha value is -0.210. The van der Waals surface area contributed by atoms with Crippen LogP contribution in [0.15, 0.2) is 16.6 Å². The van der Waals surface area contributed by atoms with Crippen LogP contribution in [0.4, 0.5) is 13.2 Å². The lowest BCUT2D eigenvalue weighted by molar-refractivity contribution is -0.139. The van der Waals surface area contributed by atoms with E-state index in [4.69, 9.17) is 0 Å². The summed E-state index contributed by atoms with van der Waals surface area (Å²) in [5, 5.41) is 13.8. The summed E-state index contributed by atoms with van der Waals surface area (Å²) < 4.78 is 41.2. The number of aromatic hydroxyl groups is 1. The molecule has 1 aliphatic heterocycles. The van der Waals surface area contributed by atoms with E-state index in [-0.39, 0.29) is 48.1 Å². The Bertz CT molecular complexity index is 592. The van der Waals surface area contributed by atoms with Crippen LogP contribution in [-0.4, -0.2) is 36.2 Å². The van der Waals surface area contributed by atoms with Crippen molar-refractivity contribution in [1.29, 1.82) is 0 Å². The lowest BCUT2D eigenvalue weighted by Gasteiger charge is -2.40. The number of piperazine rings is 1. The molecule has 9 heteroatoms. The standard InChI is InChI=1S/C17H22BrF3N2O.2ClH/c18-13-6-5-12(17(19,20)21)14(16(13)24)15(11-3-1-2-4-11)23-9-7-22-8-10-23;;/h5-6,11,15,22,24H,1-4,7-10H2;2*1H/t15-;;/m0../s1. The van der Waals surface area contributed by atoms with E-state index in [2.05, 4.69) is 26.1 Å². The van der Waals surface area contributed by atoms with Crippen LogP contribution in [0.2, 0.25) is 0 Å². The molecule has 1 atom stereocenters. The summed E-state index contributed by atoms with van der Waals surface area (Å²) in [6.07, 6.45) is -0.555. The van der Waals surface area contributed by atoms with Crippen LogP contribution in [0.3, 0.4) is 0 Å². The summed E-state index contributed by atoms with van der Waals surface area (Å²) in [6.45, 7) is 2.92. The van der Waals surface area contributed by atoms with Crippen LogP contribution in [0, 0.1) is 5.92 Å². The van der Waals surface area contributed by atoms with Crippen molar-refractivity contribution in [3.63, 3.8) is 0 Å². The van der Waals surface area contributed by atoms with Gasteiger partial charge in [-0.1, -0.05) is 12.8 Å². The van der Waals surface area contributed by atoms with Crippen molar-refractivity contribution >= 4 is 40.7 Å². The molecule has 0 aromatic heterocycles. The fourth-order valence-electron chi connectivity index (χ4n) is 4.08. The second-order valence-corrected chi connectivity index (χ2v) is 7.48. The van der Waals surface area contributed by atoms with E-state index in [0.717, 1.165) is 44.8 Å². The summed E-state index contributed by atoms with van der Waals surface area (Å²) in [6, 6.07) is 1.98. The lowest BCUT2D eigenvalue weighted by atomic mass is 9.86. The predicted octanol–water partition coefficient (Wildman–Crippen LogP) is 5.15. The van der Waals surface area contributed by atoms with Gasteiger partial charge in [-0.05, 0) is 46.8 Å². The zero-order valence-corrected chi connectivity index (χ0v) is 17.4. The Balaban J connectivity index is 0.00000169. The molecule has 0 spiro atoms. The molecule has 0 bridgehead atoms.